The topological polar surface area (TPSA) is 55.4 Å². The largest absolute Gasteiger partial charge is 0.465 e. The van der Waals surface area contributed by atoms with Crippen molar-refractivity contribution < 1.29 is 23.1 Å². The number of methoxy groups -OCH3 is 1. The molecule has 6 heteroatoms. The van der Waals surface area contributed by atoms with E-state index in [0.29, 0.717) is 18.4 Å². The SMILES string of the molecule is COC(=O)c1cc(NC(=O)CCC(C)C)c(F)cc1F. The first kappa shape index (κ1) is 16.1. The van der Waals surface area contributed by atoms with Gasteiger partial charge in [0.2, 0.25) is 5.91 Å². The zero-order valence-corrected chi connectivity index (χ0v) is 11.6. The lowest BCUT2D eigenvalue weighted by Gasteiger charge is -2.10. The highest BCUT2D eigenvalue weighted by atomic mass is 19.1. The summed E-state index contributed by atoms with van der Waals surface area (Å²) < 4.78 is 31.3. The normalized spacial score (nSPS) is 10.5. The van der Waals surface area contributed by atoms with Gasteiger partial charge in [-0.05, 0) is 18.4 Å². The standard InChI is InChI=1S/C14H17F2NO3/c1-8(2)4-5-13(18)17-12-6-9(14(19)20-3)10(15)7-11(12)16/h6-8H,4-5H2,1-3H3,(H,17,18). The monoisotopic (exact) mass is 285 g/mol. The number of hydrogen-bond acceptors (Lipinski definition) is 3. The number of amides is 1. The molecule has 0 fully saturated rings. The lowest BCUT2D eigenvalue weighted by atomic mass is 10.1. The third kappa shape index (κ3) is 4.29. The maximum atomic E-state index is 13.6. The minimum Gasteiger partial charge on any atom is -0.465 e. The summed E-state index contributed by atoms with van der Waals surface area (Å²) in [6.45, 7) is 3.92. The van der Waals surface area contributed by atoms with E-state index in [1.807, 2.05) is 13.8 Å². The van der Waals surface area contributed by atoms with Crippen LogP contribution in [0.2, 0.25) is 0 Å². The molecule has 0 bridgehead atoms. The minimum absolute atomic E-state index is 0.224. The molecule has 1 amide bonds. The van der Waals surface area contributed by atoms with Gasteiger partial charge in [0.1, 0.15) is 11.6 Å². The zero-order valence-electron chi connectivity index (χ0n) is 11.6. The molecule has 1 aromatic carbocycles. The first-order valence-electron chi connectivity index (χ1n) is 6.22. The Morgan fingerprint density at radius 1 is 1.25 bits per heavy atom. The van der Waals surface area contributed by atoms with Crippen molar-refractivity contribution in [3.8, 4) is 0 Å². The molecule has 110 valence electrons. The van der Waals surface area contributed by atoms with Gasteiger partial charge in [-0.3, -0.25) is 4.79 Å². The molecule has 1 N–H and O–H groups in total. The van der Waals surface area contributed by atoms with Gasteiger partial charge in [0, 0.05) is 12.5 Å². The van der Waals surface area contributed by atoms with Gasteiger partial charge in [-0.15, -0.1) is 0 Å². The van der Waals surface area contributed by atoms with Crippen molar-refractivity contribution in [3.63, 3.8) is 0 Å². The van der Waals surface area contributed by atoms with E-state index >= 15 is 0 Å². The Kier molecular flexibility index (Phi) is 5.61. The lowest BCUT2D eigenvalue weighted by molar-refractivity contribution is -0.116. The number of halogens is 2. The Morgan fingerprint density at radius 3 is 2.45 bits per heavy atom. The summed E-state index contributed by atoms with van der Waals surface area (Å²) in [5, 5.41) is 2.32. The molecule has 0 atom stereocenters. The summed E-state index contributed by atoms with van der Waals surface area (Å²) in [6, 6.07) is 1.48. The first-order chi connectivity index (χ1) is 9.35. The Hall–Kier alpha value is -1.98. The van der Waals surface area contributed by atoms with E-state index in [-0.39, 0.29) is 18.0 Å². The number of carbonyl (C=O) groups excluding carboxylic acids is 2. The number of nitrogens with one attached hydrogen (secondary N) is 1. The van der Waals surface area contributed by atoms with Crippen molar-refractivity contribution >= 4 is 17.6 Å². The van der Waals surface area contributed by atoms with Crippen LogP contribution in [0.5, 0.6) is 0 Å². The molecular formula is C14H17F2NO3. The van der Waals surface area contributed by atoms with Gasteiger partial charge in [-0.2, -0.15) is 0 Å². The fraction of sp³-hybridized carbons (Fsp3) is 0.429. The highest BCUT2D eigenvalue weighted by Gasteiger charge is 2.17. The first-order valence-corrected chi connectivity index (χ1v) is 6.22. The van der Waals surface area contributed by atoms with Gasteiger partial charge in [0.15, 0.2) is 0 Å². The lowest BCUT2D eigenvalue weighted by Crippen LogP contribution is -2.15. The van der Waals surface area contributed by atoms with Crippen molar-refractivity contribution in [2.24, 2.45) is 5.92 Å². The van der Waals surface area contributed by atoms with Gasteiger partial charge in [-0.1, -0.05) is 13.8 Å². The number of carbonyl (C=O) groups is 2. The number of anilines is 1. The molecule has 0 saturated carbocycles. The summed E-state index contributed by atoms with van der Waals surface area (Å²) in [5.41, 5.74) is -0.659. The van der Waals surface area contributed by atoms with Crippen molar-refractivity contribution in [3.05, 3.63) is 29.3 Å². The molecule has 1 aromatic rings. The smallest absolute Gasteiger partial charge is 0.340 e. The van der Waals surface area contributed by atoms with E-state index in [2.05, 4.69) is 10.1 Å². The summed E-state index contributed by atoms with van der Waals surface area (Å²) in [5.74, 6) is -2.95. The maximum Gasteiger partial charge on any atom is 0.340 e. The van der Waals surface area contributed by atoms with Crippen molar-refractivity contribution in [2.45, 2.75) is 26.7 Å². The van der Waals surface area contributed by atoms with Gasteiger partial charge < -0.3 is 10.1 Å². The fourth-order valence-electron chi connectivity index (χ4n) is 1.54. The van der Waals surface area contributed by atoms with E-state index in [0.717, 1.165) is 13.2 Å². The van der Waals surface area contributed by atoms with Crippen LogP contribution in [0.1, 0.15) is 37.0 Å². The molecule has 0 aliphatic heterocycles. The second-order valence-corrected chi connectivity index (χ2v) is 4.78. The van der Waals surface area contributed by atoms with Crippen LogP contribution in [0.3, 0.4) is 0 Å². The van der Waals surface area contributed by atoms with Gasteiger partial charge >= 0.3 is 5.97 Å². The molecule has 20 heavy (non-hydrogen) atoms. The molecule has 0 spiro atoms. The second kappa shape index (κ2) is 6.98. The maximum absolute atomic E-state index is 13.6. The second-order valence-electron chi connectivity index (χ2n) is 4.78. The van der Waals surface area contributed by atoms with Crippen LogP contribution in [0.25, 0.3) is 0 Å². The fourth-order valence-corrected chi connectivity index (χ4v) is 1.54. The predicted molar refractivity (Wildman–Crippen MR) is 70.4 cm³/mol. The predicted octanol–water partition coefficient (Wildman–Crippen LogP) is 3.13. The van der Waals surface area contributed by atoms with Crippen molar-refractivity contribution in [1.29, 1.82) is 0 Å². The van der Waals surface area contributed by atoms with E-state index < -0.39 is 23.2 Å². The Balaban J connectivity index is 2.89. The van der Waals surface area contributed by atoms with Crippen LogP contribution in [-0.4, -0.2) is 19.0 Å². The molecular weight excluding hydrogens is 268 g/mol. The van der Waals surface area contributed by atoms with Crippen LogP contribution in [0.4, 0.5) is 14.5 Å². The van der Waals surface area contributed by atoms with Gasteiger partial charge in [0.05, 0.1) is 18.4 Å². The molecule has 0 aliphatic carbocycles. The van der Waals surface area contributed by atoms with Crippen LogP contribution in [0, 0.1) is 17.6 Å². The van der Waals surface area contributed by atoms with E-state index in [9.17, 15) is 18.4 Å². The Morgan fingerprint density at radius 2 is 1.90 bits per heavy atom. The van der Waals surface area contributed by atoms with E-state index in [1.165, 1.54) is 0 Å². The van der Waals surface area contributed by atoms with Gasteiger partial charge in [0.25, 0.3) is 0 Å². The molecule has 0 unspecified atom stereocenters. The van der Waals surface area contributed by atoms with Gasteiger partial charge in [-0.25, -0.2) is 13.6 Å². The number of hydrogen-bond donors (Lipinski definition) is 1. The van der Waals surface area contributed by atoms with Crippen molar-refractivity contribution in [1.82, 2.24) is 0 Å². The number of rotatable bonds is 5. The average molecular weight is 285 g/mol. The molecule has 0 aromatic heterocycles. The Labute approximate surface area is 116 Å². The average Bonchev–Trinajstić information content (AvgIpc) is 2.38. The number of benzene rings is 1. The third-order valence-electron chi connectivity index (χ3n) is 2.68. The van der Waals surface area contributed by atoms with Crippen LogP contribution in [0.15, 0.2) is 12.1 Å². The number of esters is 1. The third-order valence-corrected chi connectivity index (χ3v) is 2.68. The molecule has 1 rings (SSSR count). The van der Waals surface area contributed by atoms with E-state index in [4.69, 9.17) is 0 Å². The van der Waals surface area contributed by atoms with Crippen LogP contribution in [-0.2, 0) is 9.53 Å². The minimum atomic E-state index is -1.03. The van der Waals surface area contributed by atoms with Crippen LogP contribution < -0.4 is 5.32 Å². The number of ether oxygens (including phenoxy) is 1. The zero-order chi connectivity index (χ0) is 15.3. The quantitative estimate of drug-likeness (QED) is 0.846. The molecule has 0 radical (unpaired) electrons. The Bertz CT molecular complexity index is 515. The van der Waals surface area contributed by atoms with E-state index in [1.54, 1.807) is 0 Å². The summed E-state index contributed by atoms with van der Waals surface area (Å²) >= 11 is 0. The molecule has 0 saturated heterocycles. The summed E-state index contributed by atoms with van der Waals surface area (Å²) in [6.07, 6.45) is 0.876. The summed E-state index contributed by atoms with van der Waals surface area (Å²) in [4.78, 5) is 22.9. The molecule has 4 nitrogen and oxygen atoms in total. The molecule has 0 aliphatic rings. The molecule has 0 heterocycles. The van der Waals surface area contributed by atoms with Crippen molar-refractivity contribution in [2.75, 3.05) is 12.4 Å². The highest BCUT2D eigenvalue weighted by molar-refractivity contribution is 5.94. The summed E-state index contributed by atoms with van der Waals surface area (Å²) in [7, 11) is 1.09. The highest BCUT2D eigenvalue weighted by Crippen LogP contribution is 2.20. The van der Waals surface area contributed by atoms with Crippen LogP contribution >= 0.6 is 0 Å².